The van der Waals surface area contributed by atoms with Gasteiger partial charge < -0.3 is 14.9 Å². The van der Waals surface area contributed by atoms with E-state index in [1.807, 2.05) is 0 Å². The number of ether oxygens (including phenoxy) is 1. The van der Waals surface area contributed by atoms with Gasteiger partial charge in [-0.1, -0.05) is 12.7 Å². The lowest BCUT2D eigenvalue weighted by atomic mass is 10.1. The molecule has 0 heterocycles. The van der Waals surface area contributed by atoms with E-state index in [1.54, 1.807) is 6.92 Å². The molecule has 0 spiro atoms. The molecule has 0 aromatic carbocycles. The first-order chi connectivity index (χ1) is 6.57. The standard InChI is InChI=1S/C10H16O4/c1-3-6-14-7-9(10(12)13)5-4-8(2)11/h3,7-8,11H,1,4-6H2,2H3,(H,12,13). The lowest BCUT2D eigenvalue weighted by molar-refractivity contribution is -0.133. The highest BCUT2D eigenvalue weighted by molar-refractivity contribution is 5.86. The zero-order valence-corrected chi connectivity index (χ0v) is 8.27. The topological polar surface area (TPSA) is 66.8 Å². The second-order valence-electron chi connectivity index (χ2n) is 2.96. The van der Waals surface area contributed by atoms with Gasteiger partial charge in [-0.3, -0.25) is 0 Å². The SMILES string of the molecule is C=CCOC=C(CCC(C)O)C(=O)O. The predicted octanol–water partition coefficient (Wildman–Crippen LogP) is 1.32. The molecule has 4 heteroatoms. The first-order valence-corrected chi connectivity index (χ1v) is 4.40. The van der Waals surface area contributed by atoms with Crippen molar-refractivity contribution in [3.63, 3.8) is 0 Å². The molecule has 0 aliphatic heterocycles. The molecule has 0 aliphatic carbocycles. The highest BCUT2D eigenvalue weighted by Crippen LogP contribution is 2.08. The number of carboxylic acids is 1. The van der Waals surface area contributed by atoms with Gasteiger partial charge >= 0.3 is 5.97 Å². The van der Waals surface area contributed by atoms with Gasteiger partial charge in [0.25, 0.3) is 0 Å². The molecule has 1 unspecified atom stereocenters. The maximum Gasteiger partial charge on any atom is 0.334 e. The monoisotopic (exact) mass is 200 g/mol. The summed E-state index contributed by atoms with van der Waals surface area (Å²) in [7, 11) is 0. The van der Waals surface area contributed by atoms with Crippen LogP contribution in [-0.2, 0) is 9.53 Å². The third-order valence-electron chi connectivity index (χ3n) is 1.55. The molecule has 0 aromatic heterocycles. The van der Waals surface area contributed by atoms with Crippen molar-refractivity contribution in [1.82, 2.24) is 0 Å². The van der Waals surface area contributed by atoms with Crippen molar-refractivity contribution in [3.05, 3.63) is 24.5 Å². The van der Waals surface area contributed by atoms with E-state index in [0.29, 0.717) is 12.8 Å². The largest absolute Gasteiger partial charge is 0.497 e. The highest BCUT2D eigenvalue weighted by atomic mass is 16.5. The molecule has 2 N–H and O–H groups in total. The Hall–Kier alpha value is -1.29. The van der Waals surface area contributed by atoms with Gasteiger partial charge in [-0.15, -0.1) is 0 Å². The van der Waals surface area contributed by atoms with E-state index in [9.17, 15) is 4.79 Å². The summed E-state index contributed by atoms with van der Waals surface area (Å²) in [4.78, 5) is 10.7. The summed E-state index contributed by atoms with van der Waals surface area (Å²) in [6.07, 6.45) is 2.94. The molecule has 0 amide bonds. The van der Waals surface area contributed by atoms with E-state index in [1.165, 1.54) is 12.3 Å². The number of hydrogen-bond acceptors (Lipinski definition) is 3. The van der Waals surface area contributed by atoms with Crippen molar-refractivity contribution in [2.45, 2.75) is 25.9 Å². The highest BCUT2D eigenvalue weighted by Gasteiger charge is 2.08. The Morgan fingerprint density at radius 1 is 1.64 bits per heavy atom. The molecule has 0 fully saturated rings. The summed E-state index contributed by atoms with van der Waals surface area (Å²) in [5.41, 5.74) is 0.160. The van der Waals surface area contributed by atoms with Gasteiger partial charge in [0.05, 0.1) is 17.9 Å². The lowest BCUT2D eigenvalue weighted by Gasteiger charge is -2.04. The first-order valence-electron chi connectivity index (χ1n) is 4.40. The van der Waals surface area contributed by atoms with E-state index in [-0.39, 0.29) is 12.2 Å². The van der Waals surface area contributed by atoms with Gasteiger partial charge in [-0.25, -0.2) is 4.79 Å². The number of carbonyl (C=O) groups is 1. The van der Waals surface area contributed by atoms with Crippen molar-refractivity contribution in [2.75, 3.05) is 6.61 Å². The normalized spacial score (nSPS) is 13.4. The Bertz CT molecular complexity index is 218. The van der Waals surface area contributed by atoms with E-state index >= 15 is 0 Å². The number of carboxylic acid groups (broad SMARTS) is 1. The summed E-state index contributed by atoms with van der Waals surface area (Å²) in [5.74, 6) is -1.02. The van der Waals surface area contributed by atoms with Crippen LogP contribution in [-0.4, -0.2) is 28.9 Å². The van der Waals surface area contributed by atoms with Crippen molar-refractivity contribution < 1.29 is 19.7 Å². The number of aliphatic hydroxyl groups excluding tert-OH is 1. The lowest BCUT2D eigenvalue weighted by Crippen LogP contribution is -2.06. The molecule has 14 heavy (non-hydrogen) atoms. The van der Waals surface area contributed by atoms with Gasteiger partial charge in [0, 0.05) is 0 Å². The van der Waals surface area contributed by atoms with Crippen LogP contribution >= 0.6 is 0 Å². The smallest absolute Gasteiger partial charge is 0.334 e. The molecule has 0 bridgehead atoms. The van der Waals surface area contributed by atoms with Crippen LogP contribution in [0, 0.1) is 0 Å². The molecule has 0 aromatic rings. The second-order valence-corrected chi connectivity index (χ2v) is 2.96. The van der Waals surface area contributed by atoms with Gasteiger partial charge in [0.15, 0.2) is 0 Å². The number of hydrogen-bond donors (Lipinski definition) is 2. The molecule has 0 saturated heterocycles. The molecule has 4 nitrogen and oxygen atoms in total. The van der Waals surface area contributed by atoms with E-state index in [2.05, 4.69) is 6.58 Å². The van der Waals surface area contributed by atoms with Gasteiger partial charge in [0.1, 0.15) is 6.61 Å². The molecule has 0 radical (unpaired) electrons. The maximum atomic E-state index is 10.7. The van der Waals surface area contributed by atoms with Crippen LogP contribution in [0.5, 0.6) is 0 Å². The summed E-state index contributed by atoms with van der Waals surface area (Å²) < 4.78 is 4.90. The average molecular weight is 200 g/mol. The van der Waals surface area contributed by atoms with Crippen LogP contribution in [0.15, 0.2) is 24.5 Å². The Morgan fingerprint density at radius 2 is 2.29 bits per heavy atom. The Labute approximate surface area is 83.5 Å². The second kappa shape index (κ2) is 7.15. The predicted molar refractivity (Wildman–Crippen MR) is 52.8 cm³/mol. The third kappa shape index (κ3) is 6.25. The minimum Gasteiger partial charge on any atom is -0.497 e. The zero-order chi connectivity index (χ0) is 11.0. The van der Waals surface area contributed by atoms with Crippen LogP contribution in [0.25, 0.3) is 0 Å². The van der Waals surface area contributed by atoms with E-state index < -0.39 is 12.1 Å². The fraction of sp³-hybridized carbons (Fsp3) is 0.500. The molecular formula is C10H16O4. The Morgan fingerprint density at radius 3 is 2.71 bits per heavy atom. The van der Waals surface area contributed by atoms with Gasteiger partial charge in [-0.2, -0.15) is 0 Å². The third-order valence-corrected chi connectivity index (χ3v) is 1.55. The molecule has 0 saturated carbocycles. The van der Waals surface area contributed by atoms with Crippen molar-refractivity contribution in [3.8, 4) is 0 Å². The van der Waals surface area contributed by atoms with Gasteiger partial charge in [0.2, 0.25) is 0 Å². The van der Waals surface area contributed by atoms with E-state index in [4.69, 9.17) is 14.9 Å². The Balaban J connectivity index is 4.07. The molecule has 80 valence electrons. The summed E-state index contributed by atoms with van der Waals surface area (Å²) in [6.45, 7) is 5.33. The van der Waals surface area contributed by atoms with Crippen LogP contribution in [0.4, 0.5) is 0 Å². The number of rotatable bonds is 7. The average Bonchev–Trinajstić information content (AvgIpc) is 2.10. The number of aliphatic carboxylic acids is 1. The Kier molecular flexibility index (Phi) is 6.49. The van der Waals surface area contributed by atoms with E-state index in [0.717, 1.165) is 0 Å². The number of aliphatic hydroxyl groups is 1. The quantitative estimate of drug-likeness (QED) is 0.281. The molecule has 1 atom stereocenters. The van der Waals surface area contributed by atoms with Gasteiger partial charge in [-0.05, 0) is 19.8 Å². The van der Waals surface area contributed by atoms with Crippen molar-refractivity contribution >= 4 is 5.97 Å². The summed E-state index contributed by atoms with van der Waals surface area (Å²) in [5, 5.41) is 17.7. The molecule has 0 aliphatic rings. The molecular weight excluding hydrogens is 184 g/mol. The minimum atomic E-state index is -1.02. The maximum absolute atomic E-state index is 10.7. The zero-order valence-electron chi connectivity index (χ0n) is 8.27. The fourth-order valence-electron chi connectivity index (χ4n) is 0.797. The fourth-order valence-corrected chi connectivity index (χ4v) is 0.797. The van der Waals surface area contributed by atoms with Crippen LogP contribution < -0.4 is 0 Å². The van der Waals surface area contributed by atoms with Crippen LogP contribution in [0.3, 0.4) is 0 Å². The summed E-state index contributed by atoms with van der Waals surface area (Å²) in [6, 6.07) is 0. The summed E-state index contributed by atoms with van der Waals surface area (Å²) >= 11 is 0. The van der Waals surface area contributed by atoms with Crippen LogP contribution in [0.2, 0.25) is 0 Å². The first kappa shape index (κ1) is 12.7. The minimum absolute atomic E-state index is 0.160. The molecule has 0 rings (SSSR count). The van der Waals surface area contributed by atoms with Crippen molar-refractivity contribution in [2.24, 2.45) is 0 Å². The van der Waals surface area contributed by atoms with Crippen LogP contribution in [0.1, 0.15) is 19.8 Å². The van der Waals surface area contributed by atoms with Crippen molar-refractivity contribution in [1.29, 1.82) is 0 Å².